The summed E-state index contributed by atoms with van der Waals surface area (Å²) in [6.07, 6.45) is 12.2. The molecule has 5 heteroatoms. The Hall–Kier alpha value is -2.14. The number of pyridine rings is 1. The Balaban J connectivity index is 1.23. The molecule has 7 rings (SSSR count). The standard InChI is InChI=1S/C27H35N3O2/c31-24-8-4-3-7-22(24)29-25-12-23(20-5-1-2-6-21(20)28-25)30-26(32)16-27-13-17-9-18(14-27)11-19(10-17)15-27/h1-2,5-6,12,17-19,22,24,31H,3-4,7-11,13-16H2,(H2,28,29,30,32)/t17?,18?,19?,22?,24-,27?/m0/s1. The summed E-state index contributed by atoms with van der Waals surface area (Å²) in [4.78, 5) is 18.1. The van der Waals surface area contributed by atoms with E-state index in [2.05, 4.69) is 10.6 Å². The molecule has 32 heavy (non-hydrogen) atoms. The number of nitrogens with one attached hydrogen (secondary N) is 2. The minimum atomic E-state index is -0.342. The van der Waals surface area contributed by atoms with Crippen LogP contribution in [0.4, 0.5) is 11.5 Å². The molecular weight excluding hydrogens is 398 g/mol. The second-order valence-corrected chi connectivity index (χ2v) is 11.3. The summed E-state index contributed by atoms with van der Waals surface area (Å²) in [5, 5.41) is 18.1. The molecule has 5 nitrogen and oxygen atoms in total. The van der Waals surface area contributed by atoms with E-state index in [0.29, 0.717) is 6.42 Å². The number of benzene rings is 1. The Kier molecular flexibility index (Phi) is 5.13. The van der Waals surface area contributed by atoms with Gasteiger partial charge in [0.25, 0.3) is 0 Å². The zero-order valence-corrected chi connectivity index (χ0v) is 18.9. The number of nitrogens with zero attached hydrogens (tertiary/aromatic N) is 1. The van der Waals surface area contributed by atoms with E-state index in [9.17, 15) is 9.90 Å². The van der Waals surface area contributed by atoms with Crippen molar-refractivity contribution >= 4 is 28.3 Å². The zero-order valence-electron chi connectivity index (χ0n) is 18.9. The molecule has 5 fully saturated rings. The fourth-order valence-corrected chi connectivity index (χ4v) is 7.86. The molecular formula is C27H35N3O2. The minimum Gasteiger partial charge on any atom is -0.391 e. The molecule has 2 aromatic rings. The summed E-state index contributed by atoms with van der Waals surface area (Å²) in [7, 11) is 0. The van der Waals surface area contributed by atoms with E-state index in [4.69, 9.17) is 4.98 Å². The Labute approximate surface area is 190 Å². The Morgan fingerprint density at radius 1 is 1.03 bits per heavy atom. The van der Waals surface area contributed by atoms with Gasteiger partial charge in [-0.25, -0.2) is 4.98 Å². The zero-order chi connectivity index (χ0) is 21.7. The molecule has 1 heterocycles. The number of carbonyl (C=O) groups excluding carboxylic acids is 1. The number of hydrogen-bond donors (Lipinski definition) is 3. The number of amides is 1. The molecule has 0 aliphatic heterocycles. The Morgan fingerprint density at radius 3 is 2.44 bits per heavy atom. The first-order chi connectivity index (χ1) is 15.6. The average molecular weight is 434 g/mol. The normalized spacial score (nSPS) is 35.7. The fourth-order valence-electron chi connectivity index (χ4n) is 7.86. The molecule has 4 bridgehead atoms. The highest BCUT2D eigenvalue weighted by atomic mass is 16.3. The topological polar surface area (TPSA) is 74.2 Å². The summed E-state index contributed by atoms with van der Waals surface area (Å²) in [5.74, 6) is 3.45. The number of para-hydroxylation sites is 1. The van der Waals surface area contributed by atoms with Gasteiger partial charge in [-0.1, -0.05) is 31.0 Å². The first kappa shape index (κ1) is 20.5. The van der Waals surface area contributed by atoms with Crippen LogP contribution in [0.1, 0.15) is 70.6 Å². The second-order valence-electron chi connectivity index (χ2n) is 11.3. The minimum absolute atomic E-state index is 0.0213. The van der Waals surface area contributed by atoms with Gasteiger partial charge >= 0.3 is 0 Å². The average Bonchev–Trinajstić information content (AvgIpc) is 2.74. The van der Waals surface area contributed by atoms with Crippen molar-refractivity contribution in [2.24, 2.45) is 23.2 Å². The molecule has 1 aromatic heterocycles. The van der Waals surface area contributed by atoms with E-state index in [1.807, 2.05) is 30.3 Å². The van der Waals surface area contributed by atoms with Gasteiger partial charge in [0.1, 0.15) is 5.82 Å². The lowest BCUT2D eigenvalue weighted by molar-refractivity contribution is -0.124. The van der Waals surface area contributed by atoms with E-state index in [1.165, 1.54) is 38.5 Å². The lowest BCUT2D eigenvalue weighted by atomic mass is 9.49. The summed E-state index contributed by atoms with van der Waals surface area (Å²) in [5.41, 5.74) is 1.93. The molecule has 1 amide bonds. The number of aliphatic hydroxyl groups excluding tert-OH is 1. The van der Waals surface area contributed by atoms with Gasteiger partial charge in [-0.3, -0.25) is 4.79 Å². The van der Waals surface area contributed by atoms with Crippen LogP contribution in [0.3, 0.4) is 0 Å². The number of carbonyl (C=O) groups is 1. The van der Waals surface area contributed by atoms with Gasteiger partial charge in [0.2, 0.25) is 5.91 Å². The van der Waals surface area contributed by atoms with Crippen molar-refractivity contribution in [1.82, 2.24) is 4.98 Å². The third kappa shape index (κ3) is 3.89. The van der Waals surface area contributed by atoms with Crippen molar-refractivity contribution in [2.45, 2.75) is 82.8 Å². The Morgan fingerprint density at radius 2 is 1.72 bits per heavy atom. The molecule has 0 radical (unpaired) electrons. The third-order valence-corrected chi connectivity index (χ3v) is 8.75. The van der Waals surface area contributed by atoms with Crippen molar-refractivity contribution in [2.75, 3.05) is 10.6 Å². The second kappa shape index (κ2) is 8.02. The van der Waals surface area contributed by atoms with Crippen LogP contribution in [-0.2, 0) is 4.79 Å². The van der Waals surface area contributed by atoms with Crippen molar-refractivity contribution in [3.63, 3.8) is 0 Å². The van der Waals surface area contributed by atoms with Crippen LogP contribution >= 0.6 is 0 Å². The number of hydrogen-bond acceptors (Lipinski definition) is 4. The number of aromatic nitrogens is 1. The highest BCUT2D eigenvalue weighted by Crippen LogP contribution is 2.61. The van der Waals surface area contributed by atoms with E-state index in [-0.39, 0.29) is 23.5 Å². The smallest absolute Gasteiger partial charge is 0.224 e. The predicted molar refractivity (Wildman–Crippen MR) is 127 cm³/mol. The summed E-state index contributed by atoms with van der Waals surface area (Å²) in [6, 6.07) is 9.98. The predicted octanol–water partition coefficient (Wildman–Crippen LogP) is 5.50. The van der Waals surface area contributed by atoms with Gasteiger partial charge in [0.05, 0.1) is 23.3 Å². The molecule has 5 aliphatic carbocycles. The highest BCUT2D eigenvalue weighted by Gasteiger charge is 2.51. The molecule has 170 valence electrons. The molecule has 1 unspecified atom stereocenters. The number of fused-ring (bicyclic) bond motifs is 1. The van der Waals surface area contributed by atoms with E-state index < -0.39 is 0 Å². The molecule has 3 N–H and O–H groups in total. The van der Waals surface area contributed by atoms with Crippen LogP contribution < -0.4 is 10.6 Å². The van der Waals surface area contributed by atoms with Gasteiger partial charge < -0.3 is 15.7 Å². The monoisotopic (exact) mass is 433 g/mol. The molecule has 1 aromatic carbocycles. The number of rotatable bonds is 5. The van der Waals surface area contributed by atoms with Gasteiger partial charge in [0.15, 0.2) is 0 Å². The fraction of sp³-hybridized carbons (Fsp3) is 0.630. The van der Waals surface area contributed by atoms with E-state index >= 15 is 0 Å². The van der Waals surface area contributed by atoms with Crippen molar-refractivity contribution in [1.29, 1.82) is 0 Å². The summed E-state index contributed by atoms with van der Waals surface area (Å²) >= 11 is 0. The summed E-state index contributed by atoms with van der Waals surface area (Å²) in [6.45, 7) is 0. The first-order valence-corrected chi connectivity index (χ1v) is 12.7. The lowest BCUT2D eigenvalue weighted by Crippen LogP contribution is -2.47. The van der Waals surface area contributed by atoms with Crippen molar-refractivity contribution in [3.05, 3.63) is 30.3 Å². The van der Waals surface area contributed by atoms with Crippen LogP contribution in [0.2, 0.25) is 0 Å². The Bertz CT molecular complexity index is 984. The van der Waals surface area contributed by atoms with E-state index in [1.54, 1.807) is 0 Å². The van der Waals surface area contributed by atoms with Crippen LogP contribution in [0.25, 0.3) is 10.9 Å². The molecule has 5 saturated carbocycles. The quantitative estimate of drug-likeness (QED) is 0.582. The molecule has 2 atom stereocenters. The molecule has 5 aliphatic rings. The third-order valence-electron chi connectivity index (χ3n) is 8.75. The van der Waals surface area contributed by atoms with Gasteiger partial charge in [-0.15, -0.1) is 0 Å². The van der Waals surface area contributed by atoms with Crippen LogP contribution in [0.15, 0.2) is 30.3 Å². The van der Waals surface area contributed by atoms with Crippen molar-refractivity contribution < 1.29 is 9.90 Å². The largest absolute Gasteiger partial charge is 0.391 e. The number of anilines is 2. The van der Waals surface area contributed by atoms with Crippen LogP contribution in [0, 0.1) is 23.2 Å². The lowest BCUT2D eigenvalue weighted by Gasteiger charge is -2.56. The van der Waals surface area contributed by atoms with Crippen LogP contribution in [-0.4, -0.2) is 28.1 Å². The summed E-state index contributed by atoms with van der Waals surface area (Å²) < 4.78 is 0. The van der Waals surface area contributed by atoms with Gasteiger partial charge in [0, 0.05) is 17.9 Å². The van der Waals surface area contributed by atoms with Gasteiger partial charge in [-0.05, 0) is 80.6 Å². The SMILES string of the molecule is O=C(CC12CC3CC(CC(C3)C1)C2)Nc1cc(NC2CCCC[C@@H]2O)nc2ccccc12. The maximum atomic E-state index is 13.3. The molecule has 0 saturated heterocycles. The number of aliphatic hydroxyl groups is 1. The maximum absolute atomic E-state index is 13.3. The van der Waals surface area contributed by atoms with Crippen LogP contribution in [0.5, 0.6) is 0 Å². The molecule has 0 spiro atoms. The van der Waals surface area contributed by atoms with Gasteiger partial charge in [-0.2, -0.15) is 0 Å². The highest BCUT2D eigenvalue weighted by molar-refractivity contribution is 6.02. The van der Waals surface area contributed by atoms with E-state index in [0.717, 1.165) is 65.8 Å². The maximum Gasteiger partial charge on any atom is 0.224 e. The van der Waals surface area contributed by atoms with Crippen molar-refractivity contribution in [3.8, 4) is 0 Å². The first-order valence-electron chi connectivity index (χ1n) is 12.7.